The van der Waals surface area contributed by atoms with Crippen LogP contribution in [0.15, 0.2) is 36.4 Å². The molecule has 2 rings (SSSR count). The Morgan fingerprint density at radius 2 is 1.76 bits per heavy atom. The second-order valence-electron chi connectivity index (χ2n) is 5.70. The molecule has 0 unspecified atom stereocenters. The molecule has 0 aliphatic rings. The molecule has 0 aliphatic carbocycles. The summed E-state index contributed by atoms with van der Waals surface area (Å²) in [6, 6.07) is 14.7. The summed E-state index contributed by atoms with van der Waals surface area (Å²) in [5, 5.41) is 0. The van der Waals surface area contributed by atoms with Crippen LogP contribution in [0.3, 0.4) is 0 Å². The zero-order chi connectivity index (χ0) is 15.5. The van der Waals surface area contributed by atoms with Gasteiger partial charge >= 0.3 is 0 Å². The van der Waals surface area contributed by atoms with Crippen LogP contribution in [-0.4, -0.2) is 19.8 Å². The van der Waals surface area contributed by atoms with E-state index in [1.165, 1.54) is 0 Å². The minimum atomic E-state index is -0.256. The van der Waals surface area contributed by atoms with E-state index in [9.17, 15) is 0 Å². The van der Waals surface area contributed by atoms with Crippen molar-refractivity contribution in [2.24, 2.45) is 0 Å². The van der Waals surface area contributed by atoms with E-state index in [1.54, 1.807) is 14.2 Å². The molecule has 21 heavy (non-hydrogen) atoms. The number of para-hydroxylation sites is 1. The summed E-state index contributed by atoms with van der Waals surface area (Å²) in [6.07, 6.45) is 0. The van der Waals surface area contributed by atoms with Crippen molar-refractivity contribution in [1.29, 1.82) is 0 Å². The quantitative estimate of drug-likeness (QED) is 0.836. The smallest absolute Gasteiger partial charge is 0.168 e. The van der Waals surface area contributed by atoms with Gasteiger partial charge in [0.25, 0.3) is 0 Å². The molecule has 0 fully saturated rings. The van der Waals surface area contributed by atoms with Crippen LogP contribution >= 0.6 is 0 Å². The molecule has 0 atom stereocenters. The van der Waals surface area contributed by atoms with Gasteiger partial charge in [-0.1, -0.05) is 18.2 Å². The first-order valence-electron chi connectivity index (χ1n) is 6.87. The van der Waals surface area contributed by atoms with Crippen LogP contribution in [0, 0.1) is 6.07 Å². The number of hydrogen-bond donors (Lipinski definition) is 0. The number of rotatable bonds is 4. The van der Waals surface area contributed by atoms with Gasteiger partial charge in [0.1, 0.15) is 11.4 Å². The van der Waals surface area contributed by atoms with E-state index in [2.05, 4.69) is 6.07 Å². The molecule has 0 spiro atoms. The van der Waals surface area contributed by atoms with Crippen molar-refractivity contribution in [3.05, 3.63) is 42.5 Å². The minimum absolute atomic E-state index is 0.256. The maximum atomic E-state index is 5.87. The average molecular weight is 285 g/mol. The average Bonchev–Trinajstić information content (AvgIpc) is 2.44. The topological polar surface area (TPSA) is 27.7 Å². The second kappa shape index (κ2) is 6.08. The summed E-state index contributed by atoms with van der Waals surface area (Å²) in [7, 11) is 3.28. The summed E-state index contributed by atoms with van der Waals surface area (Å²) in [5.41, 5.74) is 1.71. The highest BCUT2D eigenvalue weighted by atomic mass is 16.5. The zero-order valence-corrected chi connectivity index (χ0v) is 13.2. The predicted octanol–water partition coefficient (Wildman–Crippen LogP) is 4.35. The highest BCUT2D eigenvalue weighted by Gasteiger charge is 2.15. The van der Waals surface area contributed by atoms with Gasteiger partial charge in [-0.3, -0.25) is 0 Å². The molecule has 0 heterocycles. The van der Waals surface area contributed by atoms with Crippen LogP contribution in [0.1, 0.15) is 20.8 Å². The van der Waals surface area contributed by atoms with Gasteiger partial charge < -0.3 is 14.2 Å². The Hall–Kier alpha value is -2.16. The molecule has 0 saturated heterocycles. The third-order valence-electron chi connectivity index (χ3n) is 2.91. The highest BCUT2D eigenvalue weighted by Crippen LogP contribution is 2.38. The molecule has 0 bridgehead atoms. The molecule has 2 aromatic carbocycles. The molecule has 3 heteroatoms. The van der Waals surface area contributed by atoms with Crippen molar-refractivity contribution in [3.8, 4) is 28.4 Å². The van der Waals surface area contributed by atoms with Crippen molar-refractivity contribution in [2.45, 2.75) is 26.4 Å². The van der Waals surface area contributed by atoms with E-state index in [-0.39, 0.29) is 5.60 Å². The summed E-state index contributed by atoms with van der Waals surface area (Å²) in [5.74, 6) is 2.14. The molecule has 0 aromatic heterocycles. The first kappa shape index (κ1) is 15.2. The summed E-state index contributed by atoms with van der Waals surface area (Å²) < 4.78 is 16.7. The number of benzene rings is 2. The van der Waals surface area contributed by atoms with E-state index in [0.717, 1.165) is 11.1 Å². The Morgan fingerprint density at radius 1 is 1.00 bits per heavy atom. The van der Waals surface area contributed by atoms with Gasteiger partial charge in [-0.25, -0.2) is 0 Å². The van der Waals surface area contributed by atoms with E-state index >= 15 is 0 Å². The molecular weight excluding hydrogens is 264 g/mol. The fraction of sp³-hybridized carbons (Fsp3) is 0.333. The van der Waals surface area contributed by atoms with Gasteiger partial charge in [-0.2, -0.15) is 0 Å². The van der Waals surface area contributed by atoms with E-state index in [0.29, 0.717) is 17.2 Å². The van der Waals surface area contributed by atoms with Gasteiger partial charge in [-0.15, -0.1) is 0 Å². The molecule has 0 saturated carbocycles. The first-order valence-corrected chi connectivity index (χ1v) is 6.87. The molecule has 0 amide bonds. The van der Waals surface area contributed by atoms with Crippen LogP contribution in [0.5, 0.6) is 17.2 Å². The lowest BCUT2D eigenvalue weighted by molar-refractivity contribution is 0.130. The zero-order valence-electron chi connectivity index (χ0n) is 13.2. The summed E-state index contributed by atoms with van der Waals surface area (Å²) in [6.45, 7) is 6.04. The summed E-state index contributed by atoms with van der Waals surface area (Å²) >= 11 is 0. The maximum absolute atomic E-state index is 5.87. The third-order valence-corrected chi connectivity index (χ3v) is 2.91. The maximum Gasteiger partial charge on any atom is 0.168 e. The van der Waals surface area contributed by atoms with Crippen LogP contribution in [0.4, 0.5) is 0 Å². The lowest BCUT2D eigenvalue weighted by Gasteiger charge is -2.21. The van der Waals surface area contributed by atoms with E-state index in [1.807, 2.05) is 57.2 Å². The largest absolute Gasteiger partial charge is 0.493 e. The lowest BCUT2D eigenvalue weighted by atomic mass is 10.0. The Morgan fingerprint density at radius 3 is 2.38 bits per heavy atom. The fourth-order valence-electron chi connectivity index (χ4n) is 2.12. The van der Waals surface area contributed by atoms with Crippen molar-refractivity contribution in [3.63, 3.8) is 0 Å². The normalized spacial score (nSPS) is 11.1. The molecule has 1 radical (unpaired) electrons. The van der Waals surface area contributed by atoms with Gasteiger partial charge in [0.2, 0.25) is 0 Å². The number of hydrogen-bond acceptors (Lipinski definition) is 3. The summed E-state index contributed by atoms with van der Waals surface area (Å²) in [4.78, 5) is 0. The fourth-order valence-corrected chi connectivity index (χ4v) is 2.12. The van der Waals surface area contributed by atoms with Crippen LogP contribution in [-0.2, 0) is 0 Å². The van der Waals surface area contributed by atoms with Crippen LogP contribution < -0.4 is 14.2 Å². The molecule has 2 aromatic rings. The van der Waals surface area contributed by atoms with Gasteiger partial charge in [0, 0.05) is 11.6 Å². The standard InChI is InChI=1S/C18H21O3/c1-18(2,3)21-14-9-6-8-13(12-14)15-10-7-11-16(19-4)17(15)20-5/h6-8,10-12H,1-5H3. The third kappa shape index (κ3) is 3.69. The van der Waals surface area contributed by atoms with E-state index in [4.69, 9.17) is 14.2 Å². The van der Waals surface area contributed by atoms with Gasteiger partial charge in [-0.05, 0) is 44.5 Å². The van der Waals surface area contributed by atoms with Gasteiger partial charge in [0.05, 0.1) is 14.2 Å². The van der Waals surface area contributed by atoms with Crippen molar-refractivity contribution >= 4 is 0 Å². The molecule has 0 aliphatic heterocycles. The van der Waals surface area contributed by atoms with Crippen molar-refractivity contribution in [1.82, 2.24) is 0 Å². The molecule has 3 nitrogen and oxygen atoms in total. The highest BCUT2D eigenvalue weighted by molar-refractivity contribution is 5.74. The number of methoxy groups -OCH3 is 2. The second-order valence-corrected chi connectivity index (χ2v) is 5.70. The Kier molecular flexibility index (Phi) is 4.41. The SMILES string of the molecule is COc1cccc(-c2cc[c]c(OC(C)(C)C)c2)c1OC. The lowest BCUT2D eigenvalue weighted by Crippen LogP contribution is -2.22. The first-order chi connectivity index (χ1) is 9.94. The minimum Gasteiger partial charge on any atom is -0.493 e. The Labute approximate surface area is 126 Å². The van der Waals surface area contributed by atoms with Crippen LogP contribution in [0.2, 0.25) is 0 Å². The van der Waals surface area contributed by atoms with E-state index < -0.39 is 0 Å². The molecule has 0 N–H and O–H groups in total. The Balaban J connectivity index is 2.45. The molecule has 111 valence electrons. The van der Waals surface area contributed by atoms with Crippen molar-refractivity contribution < 1.29 is 14.2 Å². The monoisotopic (exact) mass is 285 g/mol. The number of ether oxygens (including phenoxy) is 3. The van der Waals surface area contributed by atoms with Crippen molar-refractivity contribution in [2.75, 3.05) is 14.2 Å². The predicted molar refractivity (Wildman–Crippen MR) is 84.2 cm³/mol. The van der Waals surface area contributed by atoms with Crippen LogP contribution in [0.25, 0.3) is 11.1 Å². The van der Waals surface area contributed by atoms with Gasteiger partial charge in [0.15, 0.2) is 11.5 Å². The molecular formula is C18H21O3. The Bertz CT molecular complexity index is 612.